The number of aromatic nitrogens is 2. The van der Waals surface area contributed by atoms with E-state index in [-0.39, 0.29) is 17.9 Å². The Kier molecular flexibility index (Phi) is 4.55. The minimum absolute atomic E-state index is 0.00288. The van der Waals surface area contributed by atoms with Crippen molar-refractivity contribution in [2.45, 2.75) is 43.7 Å². The van der Waals surface area contributed by atoms with Crippen LogP contribution in [0.2, 0.25) is 0 Å². The lowest BCUT2D eigenvalue weighted by Crippen LogP contribution is -2.59. The Morgan fingerprint density at radius 2 is 1.79 bits per heavy atom. The lowest BCUT2D eigenvalue weighted by Gasteiger charge is -2.52. The Bertz CT molecular complexity index is 1030. The van der Waals surface area contributed by atoms with Crippen LogP contribution in [-0.2, 0) is 5.60 Å². The molecule has 0 bridgehead atoms. The molecule has 29 heavy (non-hydrogen) atoms. The molecule has 3 aromatic rings. The molecule has 1 aromatic heterocycles. The number of amides is 1. The first-order valence-electron chi connectivity index (χ1n) is 10.5. The number of carbonyl (C=O) groups excluding carboxylic acids is 1. The molecule has 0 unspecified atom stereocenters. The number of carbonyl (C=O) groups is 1. The van der Waals surface area contributed by atoms with Crippen molar-refractivity contribution in [1.82, 2.24) is 15.1 Å². The Morgan fingerprint density at radius 1 is 1.03 bits per heavy atom. The molecule has 0 radical (unpaired) electrons. The summed E-state index contributed by atoms with van der Waals surface area (Å²) in [4.78, 5) is 15.6. The molecule has 5 nitrogen and oxygen atoms in total. The van der Waals surface area contributed by atoms with Gasteiger partial charge in [0.2, 0.25) is 0 Å². The van der Waals surface area contributed by atoms with Gasteiger partial charge in [-0.2, -0.15) is 10.2 Å². The van der Waals surface area contributed by atoms with E-state index < -0.39 is 5.60 Å². The number of aliphatic hydroxyl groups is 1. The second-order valence-corrected chi connectivity index (χ2v) is 8.27. The number of nitrogens with zero attached hydrogens (tertiary/aromatic N) is 3. The van der Waals surface area contributed by atoms with Crippen LogP contribution in [0.4, 0.5) is 0 Å². The molecule has 1 saturated heterocycles. The summed E-state index contributed by atoms with van der Waals surface area (Å²) >= 11 is 0. The Morgan fingerprint density at radius 3 is 2.66 bits per heavy atom. The van der Waals surface area contributed by atoms with Crippen molar-refractivity contribution in [1.29, 1.82) is 0 Å². The fraction of sp³-hybridized carbons (Fsp3) is 0.375. The van der Waals surface area contributed by atoms with Gasteiger partial charge in [0.1, 0.15) is 0 Å². The van der Waals surface area contributed by atoms with Crippen molar-refractivity contribution in [2.24, 2.45) is 5.92 Å². The fourth-order valence-electron chi connectivity index (χ4n) is 5.35. The smallest absolute Gasteiger partial charge is 0.256 e. The van der Waals surface area contributed by atoms with E-state index in [0.29, 0.717) is 18.5 Å². The van der Waals surface area contributed by atoms with Crippen LogP contribution in [0.25, 0.3) is 10.9 Å². The van der Waals surface area contributed by atoms with E-state index in [4.69, 9.17) is 0 Å². The van der Waals surface area contributed by atoms with Crippen LogP contribution in [0.1, 0.15) is 48.0 Å². The van der Waals surface area contributed by atoms with E-state index in [1.807, 2.05) is 59.5 Å². The van der Waals surface area contributed by atoms with Crippen LogP contribution in [0.15, 0.2) is 60.8 Å². The molecule has 2 aliphatic rings. The number of rotatable bonds is 2. The first-order valence-corrected chi connectivity index (χ1v) is 10.5. The highest BCUT2D eigenvalue weighted by molar-refractivity contribution is 6.05. The quantitative estimate of drug-likeness (QED) is 0.724. The highest BCUT2D eigenvalue weighted by Gasteiger charge is 2.50. The van der Waals surface area contributed by atoms with Crippen LogP contribution in [0.5, 0.6) is 0 Å². The monoisotopic (exact) mass is 387 g/mol. The number of benzene rings is 2. The predicted molar refractivity (Wildman–Crippen MR) is 111 cm³/mol. The van der Waals surface area contributed by atoms with Crippen molar-refractivity contribution in [3.05, 3.63) is 71.9 Å². The van der Waals surface area contributed by atoms with Gasteiger partial charge < -0.3 is 10.0 Å². The third kappa shape index (κ3) is 3.01. The van der Waals surface area contributed by atoms with Crippen molar-refractivity contribution in [3.8, 4) is 0 Å². The van der Waals surface area contributed by atoms with Gasteiger partial charge >= 0.3 is 0 Å². The summed E-state index contributed by atoms with van der Waals surface area (Å²) in [5, 5.41) is 20.8. The normalized spacial score (nSPS) is 26.9. The molecule has 5 rings (SSSR count). The first-order chi connectivity index (χ1) is 14.2. The second-order valence-electron chi connectivity index (χ2n) is 8.27. The van der Waals surface area contributed by atoms with Crippen LogP contribution >= 0.6 is 0 Å². The SMILES string of the molecule is O=C(c1cnnc2ccccc12)N1CC[C@](O)(c2ccccc2)[C@H]2CCCC[C@H]21. The van der Waals surface area contributed by atoms with Gasteiger partial charge in [-0.1, -0.05) is 61.4 Å². The molecule has 1 amide bonds. The summed E-state index contributed by atoms with van der Waals surface area (Å²) in [5.41, 5.74) is 1.43. The van der Waals surface area contributed by atoms with Crippen molar-refractivity contribution >= 4 is 16.8 Å². The van der Waals surface area contributed by atoms with E-state index >= 15 is 0 Å². The van der Waals surface area contributed by atoms with Gasteiger partial charge in [-0.25, -0.2) is 0 Å². The fourth-order valence-corrected chi connectivity index (χ4v) is 5.35. The van der Waals surface area contributed by atoms with E-state index in [1.54, 1.807) is 6.20 Å². The van der Waals surface area contributed by atoms with Gasteiger partial charge in [0.15, 0.2) is 0 Å². The first kappa shape index (κ1) is 18.3. The summed E-state index contributed by atoms with van der Waals surface area (Å²) in [5.74, 6) is 0.0560. The molecule has 2 fully saturated rings. The van der Waals surface area contributed by atoms with Gasteiger partial charge in [0.25, 0.3) is 5.91 Å². The van der Waals surface area contributed by atoms with Gasteiger partial charge in [-0.3, -0.25) is 4.79 Å². The highest BCUT2D eigenvalue weighted by Crippen LogP contribution is 2.47. The van der Waals surface area contributed by atoms with E-state index in [2.05, 4.69) is 10.2 Å². The summed E-state index contributed by atoms with van der Waals surface area (Å²) in [7, 11) is 0. The van der Waals surface area contributed by atoms with E-state index in [0.717, 1.165) is 42.1 Å². The molecule has 148 valence electrons. The number of fused-ring (bicyclic) bond motifs is 2. The molecule has 0 spiro atoms. The second kappa shape index (κ2) is 7.23. The van der Waals surface area contributed by atoms with E-state index in [1.165, 1.54) is 0 Å². The van der Waals surface area contributed by atoms with Gasteiger partial charge in [0.05, 0.1) is 22.9 Å². The Hall–Kier alpha value is -2.79. The zero-order valence-corrected chi connectivity index (χ0v) is 16.4. The minimum Gasteiger partial charge on any atom is -0.385 e. The van der Waals surface area contributed by atoms with Crippen molar-refractivity contribution < 1.29 is 9.90 Å². The highest BCUT2D eigenvalue weighted by atomic mass is 16.3. The van der Waals surface area contributed by atoms with Crippen molar-refractivity contribution in [3.63, 3.8) is 0 Å². The molecular weight excluding hydrogens is 362 g/mol. The molecule has 2 aromatic carbocycles. The van der Waals surface area contributed by atoms with Crippen molar-refractivity contribution in [2.75, 3.05) is 6.54 Å². The minimum atomic E-state index is -0.873. The van der Waals surface area contributed by atoms with Crippen LogP contribution in [0.3, 0.4) is 0 Å². The topological polar surface area (TPSA) is 66.3 Å². The van der Waals surface area contributed by atoms with E-state index in [9.17, 15) is 9.90 Å². The number of hydrogen-bond acceptors (Lipinski definition) is 4. The maximum Gasteiger partial charge on any atom is 0.256 e. The maximum atomic E-state index is 13.6. The average Bonchev–Trinajstić information content (AvgIpc) is 2.79. The third-order valence-corrected chi connectivity index (χ3v) is 6.79. The zero-order valence-electron chi connectivity index (χ0n) is 16.4. The standard InChI is InChI=1S/C24H25N3O2/c28-23(19-16-25-26-21-12-6-4-10-18(19)21)27-15-14-24(29,17-8-2-1-3-9-17)20-11-5-7-13-22(20)27/h1-4,6,8-10,12,16,20,22,29H,5,7,11,13-15H2/t20-,22+,24-/m0/s1. The number of likely N-dealkylation sites (tertiary alicyclic amines) is 1. The molecule has 1 saturated carbocycles. The Balaban J connectivity index is 1.52. The summed E-state index contributed by atoms with van der Waals surface area (Å²) in [6.07, 6.45) is 6.20. The van der Waals surface area contributed by atoms with Crippen LogP contribution < -0.4 is 0 Å². The Labute approximate surface area is 170 Å². The molecule has 5 heteroatoms. The molecule has 3 atom stereocenters. The molecule has 1 aliphatic carbocycles. The van der Waals surface area contributed by atoms with Gasteiger partial charge in [0, 0.05) is 23.9 Å². The summed E-state index contributed by atoms with van der Waals surface area (Å²) in [6.45, 7) is 0.544. The maximum absolute atomic E-state index is 13.6. The summed E-state index contributed by atoms with van der Waals surface area (Å²) < 4.78 is 0. The predicted octanol–water partition coefficient (Wildman–Crippen LogP) is 3.92. The lowest BCUT2D eigenvalue weighted by atomic mass is 9.66. The molecule has 1 aliphatic heterocycles. The number of hydrogen-bond donors (Lipinski definition) is 1. The zero-order chi connectivity index (χ0) is 19.8. The van der Waals surface area contributed by atoms with Crippen LogP contribution in [0, 0.1) is 5.92 Å². The molecule has 1 N–H and O–H groups in total. The van der Waals surface area contributed by atoms with Crippen LogP contribution in [-0.4, -0.2) is 38.7 Å². The molecular formula is C24H25N3O2. The third-order valence-electron chi connectivity index (χ3n) is 6.79. The van der Waals surface area contributed by atoms with Gasteiger partial charge in [-0.15, -0.1) is 0 Å². The average molecular weight is 387 g/mol. The number of piperidine rings is 1. The lowest BCUT2D eigenvalue weighted by molar-refractivity contribution is -0.110. The largest absolute Gasteiger partial charge is 0.385 e. The van der Waals surface area contributed by atoms with Gasteiger partial charge in [-0.05, 0) is 30.9 Å². The summed E-state index contributed by atoms with van der Waals surface area (Å²) in [6, 6.07) is 17.7. The molecule has 2 heterocycles.